The topological polar surface area (TPSA) is 24.1 Å². The van der Waals surface area contributed by atoms with Crippen molar-refractivity contribution in [3.63, 3.8) is 0 Å². The molecule has 0 bridgehead atoms. The summed E-state index contributed by atoms with van der Waals surface area (Å²) in [7, 11) is 0. The molecule has 1 aliphatic heterocycles. The molecule has 1 rings (SSSR count). The van der Waals surface area contributed by atoms with E-state index in [1.54, 1.807) is 0 Å². The molecule has 0 radical (unpaired) electrons. The zero-order chi connectivity index (χ0) is 13.1. The van der Waals surface area contributed by atoms with Crippen molar-refractivity contribution < 1.29 is 0 Å². The van der Waals surface area contributed by atoms with E-state index in [2.05, 4.69) is 24.5 Å². The molecule has 1 aliphatic rings. The van der Waals surface area contributed by atoms with E-state index in [1.165, 1.54) is 77.5 Å². The van der Waals surface area contributed by atoms with Gasteiger partial charge in [-0.3, -0.25) is 0 Å². The van der Waals surface area contributed by atoms with Gasteiger partial charge in [-0.2, -0.15) is 0 Å². The molecule has 2 heteroatoms. The summed E-state index contributed by atoms with van der Waals surface area (Å²) in [5, 5.41) is 7.10. The lowest BCUT2D eigenvalue weighted by Gasteiger charge is -2.22. The van der Waals surface area contributed by atoms with Gasteiger partial charge in [0.2, 0.25) is 0 Å². The zero-order valence-electron chi connectivity index (χ0n) is 12.6. The third-order valence-corrected chi connectivity index (χ3v) is 4.01. The molecule has 1 atom stereocenters. The van der Waals surface area contributed by atoms with Crippen LogP contribution in [-0.2, 0) is 0 Å². The second kappa shape index (κ2) is 10.8. The number of piperidine rings is 1. The molecule has 108 valence electrons. The van der Waals surface area contributed by atoms with E-state index >= 15 is 0 Å². The summed E-state index contributed by atoms with van der Waals surface area (Å²) in [6.45, 7) is 9.57. The van der Waals surface area contributed by atoms with Gasteiger partial charge in [0, 0.05) is 0 Å². The van der Waals surface area contributed by atoms with Crippen LogP contribution in [0.15, 0.2) is 0 Å². The molecule has 0 aromatic carbocycles. The summed E-state index contributed by atoms with van der Waals surface area (Å²) in [6, 6.07) is 0. The summed E-state index contributed by atoms with van der Waals surface area (Å²) in [5.74, 6) is 1.81. The molecule has 1 saturated heterocycles. The van der Waals surface area contributed by atoms with Gasteiger partial charge in [0.1, 0.15) is 0 Å². The Morgan fingerprint density at radius 2 is 1.94 bits per heavy atom. The van der Waals surface area contributed by atoms with Crippen LogP contribution >= 0.6 is 0 Å². The van der Waals surface area contributed by atoms with Gasteiger partial charge in [-0.15, -0.1) is 0 Å². The third kappa shape index (κ3) is 8.93. The van der Waals surface area contributed by atoms with E-state index in [0.29, 0.717) is 0 Å². The van der Waals surface area contributed by atoms with Gasteiger partial charge >= 0.3 is 0 Å². The summed E-state index contributed by atoms with van der Waals surface area (Å²) in [6.07, 6.45) is 11.2. The largest absolute Gasteiger partial charge is 0.317 e. The second-order valence-corrected chi connectivity index (χ2v) is 6.35. The lowest BCUT2D eigenvalue weighted by molar-refractivity contribution is 0.351. The number of unbranched alkanes of at least 4 members (excludes halogenated alkanes) is 3. The number of nitrogens with one attached hydrogen (secondary N) is 2. The first-order valence-corrected chi connectivity index (χ1v) is 8.20. The van der Waals surface area contributed by atoms with Crippen LogP contribution in [0.4, 0.5) is 0 Å². The molecule has 2 nitrogen and oxygen atoms in total. The van der Waals surface area contributed by atoms with Crippen LogP contribution in [0.1, 0.15) is 65.2 Å². The van der Waals surface area contributed by atoms with E-state index in [1.807, 2.05) is 0 Å². The normalized spacial score (nSPS) is 20.5. The Bertz CT molecular complexity index is 174. The molecule has 0 spiro atoms. The first-order valence-electron chi connectivity index (χ1n) is 8.20. The molecule has 2 N–H and O–H groups in total. The Hall–Kier alpha value is -0.0800. The first kappa shape index (κ1) is 16.0. The summed E-state index contributed by atoms with van der Waals surface area (Å²) in [5.41, 5.74) is 0. The highest BCUT2D eigenvalue weighted by Crippen LogP contribution is 2.13. The van der Waals surface area contributed by atoms with Gasteiger partial charge < -0.3 is 10.6 Å². The van der Waals surface area contributed by atoms with Gasteiger partial charge in [0.15, 0.2) is 0 Å². The van der Waals surface area contributed by atoms with Crippen molar-refractivity contribution in [2.75, 3.05) is 26.2 Å². The van der Waals surface area contributed by atoms with Crippen LogP contribution in [0.2, 0.25) is 0 Å². The van der Waals surface area contributed by atoms with Gasteiger partial charge in [-0.05, 0) is 63.7 Å². The molecule has 1 unspecified atom stereocenters. The zero-order valence-corrected chi connectivity index (χ0v) is 12.6. The van der Waals surface area contributed by atoms with E-state index in [-0.39, 0.29) is 0 Å². The standard InChI is InChI=1S/C16H34N2/c1-15(2)8-5-3-4-6-11-17-13-10-16-9-7-12-18-14-16/h15-18H,3-14H2,1-2H3. The molecule has 0 amide bonds. The second-order valence-electron chi connectivity index (χ2n) is 6.35. The fourth-order valence-electron chi connectivity index (χ4n) is 2.76. The minimum atomic E-state index is 0.882. The Morgan fingerprint density at radius 1 is 1.11 bits per heavy atom. The molecular formula is C16H34N2. The molecule has 0 aromatic heterocycles. The number of rotatable bonds is 10. The maximum absolute atomic E-state index is 3.60. The molecular weight excluding hydrogens is 220 g/mol. The summed E-state index contributed by atoms with van der Waals surface area (Å²) < 4.78 is 0. The van der Waals surface area contributed by atoms with Crippen LogP contribution in [0.3, 0.4) is 0 Å². The average Bonchev–Trinajstić information content (AvgIpc) is 2.37. The molecule has 1 heterocycles. The van der Waals surface area contributed by atoms with Crippen LogP contribution in [0.25, 0.3) is 0 Å². The van der Waals surface area contributed by atoms with Gasteiger partial charge in [0.25, 0.3) is 0 Å². The van der Waals surface area contributed by atoms with Crippen molar-refractivity contribution in [2.45, 2.75) is 65.2 Å². The minimum absolute atomic E-state index is 0.882. The van der Waals surface area contributed by atoms with Crippen LogP contribution in [-0.4, -0.2) is 26.2 Å². The lowest BCUT2D eigenvalue weighted by Crippen LogP contribution is -2.31. The Kier molecular flexibility index (Phi) is 9.59. The fourth-order valence-corrected chi connectivity index (χ4v) is 2.76. The quantitative estimate of drug-likeness (QED) is 0.582. The summed E-state index contributed by atoms with van der Waals surface area (Å²) >= 11 is 0. The minimum Gasteiger partial charge on any atom is -0.317 e. The van der Waals surface area contributed by atoms with E-state index in [0.717, 1.165) is 11.8 Å². The molecule has 18 heavy (non-hydrogen) atoms. The van der Waals surface area contributed by atoms with Gasteiger partial charge in [0.05, 0.1) is 0 Å². The monoisotopic (exact) mass is 254 g/mol. The van der Waals surface area contributed by atoms with E-state index < -0.39 is 0 Å². The maximum Gasteiger partial charge on any atom is -0.00200 e. The smallest absolute Gasteiger partial charge is 0.00200 e. The Balaban J connectivity index is 1.75. The van der Waals surface area contributed by atoms with Crippen LogP contribution < -0.4 is 10.6 Å². The van der Waals surface area contributed by atoms with E-state index in [9.17, 15) is 0 Å². The van der Waals surface area contributed by atoms with Crippen molar-refractivity contribution in [3.8, 4) is 0 Å². The fraction of sp³-hybridized carbons (Fsp3) is 1.00. The van der Waals surface area contributed by atoms with Crippen molar-refractivity contribution in [3.05, 3.63) is 0 Å². The van der Waals surface area contributed by atoms with Crippen molar-refractivity contribution in [1.29, 1.82) is 0 Å². The molecule has 1 fully saturated rings. The number of hydrogen-bond acceptors (Lipinski definition) is 2. The van der Waals surface area contributed by atoms with Gasteiger partial charge in [-0.25, -0.2) is 0 Å². The molecule has 0 aliphatic carbocycles. The average molecular weight is 254 g/mol. The lowest BCUT2D eigenvalue weighted by atomic mass is 9.96. The van der Waals surface area contributed by atoms with Crippen LogP contribution in [0.5, 0.6) is 0 Å². The SMILES string of the molecule is CC(C)CCCCCCNCCC1CCCNC1. The van der Waals surface area contributed by atoms with Crippen molar-refractivity contribution >= 4 is 0 Å². The molecule has 0 saturated carbocycles. The predicted molar refractivity (Wildman–Crippen MR) is 81.0 cm³/mol. The van der Waals surface area contributed by atoms with Crippen molar-refractivity contribution in [1.82, 2.24) is 10.6 Å². The highest BCUT2D eigenvalue weighted by atomic mass is 14.9. The first-order chi connectivity index (χ1) is 8.79. The van der Waals surface area contributed by atoms with Crippen molar-refractivity contribution in [2.24, 2.45) is 11.8 Å². The number of hydrogen-bond donors (Lipinski definition) is 2. The molecule has 0 aromatic rings. The maximum atomic E-state index is 3.60. The van der Waals surface area contributed by atoms with E-state index in [4.69, 9.17) is 0 Å². The highest BCUT2D eigenvalue weighted by molar-refractivity contribution is 4.69. The Labute approximate surface area is 114 Å². The summed E-state index contributed by atoms with van der Waals surface area (Å²) in [4.78, 5) is 0. The Morgan fingerprint density at radius 3 is 2.67 bits per heavy atom. The predicted octanol–water partition coefficient (Wildman–Crippen LogP) is 3.57. The van der Waals surface area contributed by atoms with Crippen LogP contribution in [0, 0.1) is 11.8 Å². The highest BCUT2D eigenvalue weighted by Gasteiger charge is 2.11. The van der Waals surface area contributed by atoms with Gasteiger partial charge in [-0.1, -0.05) is 39.5 Å². The third-order valence-electron chi connectivity index (χ3n) is 4.01.